The topological polar surface area (TPSA) is 55.1 Å². The maximum atomic E-state index is 10.5. The van der Waals surface area contributed by atoms with E-state index in [4.69, 9.17) is 5.73 Å². The summed E-state index contributed by atoms with van der Waals surface area (Å²) >= 11 is 0. The molecule has 0 unspecified atom stereocenters. The van der Waals surface area contributed by atoms with E-state index in [2.05, 4.69) is 5.32 Å². The van der Waals surface area contributed by atoms with Crippen molar-refractivity contribution in [3.05, 3.63) is 0 Å². The van der Waals surface area contributed by atoms with Gasteiger partial charge in [-0.3, -0.25) is 4.79 Å². The van der Waals surface area contributed by atoms with E-state index in [-0.39, 0.29) is 42.9 Å². The third kappa shape index (κ3) is 3.20. The fourth-order valence-electron chi connectivity index (χ4n) is 0.809. The van der Waals surface area contributed by atoms with Gasteiger partial charge in [0.2, 0.25) is 5.91 Å². The third-order valence-corrected chi connectivity index (χ3v) is 1.28. The molecule has 1 atom stereocenters. The molecule has 0 aromatic carbocycles. The number of amides is 1. The van der Waals surface area contributed by atoms with Crippen molar-refractivity contribution in [2.75, 3.05) is 6.54 Å². The van der Waals surface area contributed by atoms with Crippen LogP contribution >= 0.6 is 0 Å². The number of hydrogen-bond acceptors (Lipinski definition) is 2. The molecule has 1 saturated heterocycles. The zero-order valence-corrected chi connectivity index (χ0v) is 7.68. The van der Waals surface area contributed by atoms with Crippen molar-refractivity contribution in [3.8, 4) is 0 Å². The molecule has 1 aliphatic heterocycles. The Morgan fingerprint density at radius 3 is 2.78 bits per heavy atom. The first-order valence-corrected chi connectivity index (χ1v) is 2.81. The first-order chi connectivity index (χ1) is 3.79. The molecule has 3 N–H and O–H groups in total. The number of carbonyl (C=O) groups is 1. The Bertz CT molecular complexity index is 112. The zero-order valence-electron chi connectivity index (χ0n) is 6.68. The van der Waals surface area contributed by atoms with Gasteiger partial charge < -0.3 is 12.5 Å². The predicted molar refractivity (Wildman–Crippen MR) is 31.3 cm³/mol. The van der Waals surface area contributed by atoms with E-state index in [1.165, 1.54) is 0 Å². The largest absolute Gasteiger partial charge is 1.00 e. The van der Waals surface area contributed by atoms with Crippen LogP contribution in [0.1, 0.15) is 14.3 Å². The van der Waals surface area contributed by atoms with Crippen molar-refractivity contribution in [1.82, 2.24) is 5.32 Å². The Kier molecular flexibility index (Phi) is 4.48. The molecule has 1 rings (SSSR count). The minimum absolute atomic E-state index is 0. The van der Waals surface area contributed by atoms with Crippen LogP contribution in [0.25, 0.3) is 0 Å². The maximum absolute atomic E-state index is 10.5. The monoisotopic (exact) mass is 138 g/mol. The number of rotatable bonds is 0. The van der Waals surface area contributed by atoms with Gasteiger partial charge in [0.05, 0.1) is 0 Å². The van der Waals surface area contributed by atoms with Crippen LogP contribution in [-0.4, -0.2) is 18.5 Å². The summed E-state index contributed by atoms with van der Waals surface area (Å²) < 4.78 is 0. The molecular formula is C5H11N2NaO. The number of carbonyl (C=O) groups excluding carboxylic acids is 1. The first kappa shape index (κ1) is 9.43. The number of hydrogen-bond donors (Lipinski definition) is 2. The van der Waals surface area contributed by atoms with Gasteiger partial charge in [-0.15, -0.1) is 0 Å². The quantitative estimate of drug-likeness (QED) is 0.339. The average molecular weight is 138 g/mol. The van der Waals surface area contributed by atoms with Crippen molar-refractivity contribution in [2.45, 2.75) is 18.9 Å². The molecule has 1 aliphatic rings. The molecule has 1 heterocycles. The van der Waals surface area contributed by atoms with E-state index >= 15 is 0 Å². The molecule has 0 aliphatic carbocycles. The van der Waals surface area contributed by atoms with Crippen molar-refractivity contribution < 1.29 is 35.8 Å². The van der Waals surface area contributed by atoms with Crippen LogP contribution in [-0.2, 0) is 4.79 Å². The Balaban J connectivity index is 0. The van der Waals surface area contributed by atoms with E-state index in [0.717, 1.165) is 13.0 Å². The summed E-state index contributed by atoms with van der Waals surface area (Å²) in [6, 6.07) is 0.101. The second kappa shape index (κ2) is 4.28. The minimum atomic E-state index is 0. The van der Waals surface area contributed by atoms with Gasteiger partial charge in [0.1, 0.15) is 0 Å². The van der Waals surface area contributed by atoms with Crippen LogP contribution in [0.5, 0.6) is 0 Å². The number of nitrogens with one attached hydrogen (secondary N) is 1. The standard InChI is InChI=1S/C5H10N2O.Na.H/c6-4-1-2-7-5(8)3-4;;/h4H,1-3,6H2,(H,7,8);;/q;+1;-1/t4-;;/m0../s1. The molecule has 48 valence electrons. The molecule has 0 bridgehead atoms. The Labute approximate surface area is 78.1 Å². The van der Waals surface area contributed by atoms with E-state index < -0.39 is 0 Å². The molecule has 0 aromatic rings. The van der Waals surface area contributed by atoms with Crippen molar-refractivity contribution in [2.24, 2.45) is 5.73 Å². The molecule has 1 amide bonds. The smallest absolute Gasteiger partial charge is 1.00 e. The summed E-state index contributed by atoms with van der Waals surface area (Å²) in [7, 11) is 0. The fourth-order valence-corrected chi connectivity index (χ4v) is 0.809. The predicted octanol–water partition coefficient (Wildman–Crippen LogP) is -3.66. The van der Waals surface area contributed by atoms with Crippen LogP contribution < -0.4 is 40.6 Å². The summed E-state index contributed by atoms with van der Waals surface area (Å²) in [5.41, 5.74) is 5.46. The van der Waals surface area contributed by atoms with E-state index in [0.29, 0.717) is 6.42 Å². The zero-order chi connectivity index (χ0) is 5.98. The summed E-state index contributed by atoms with van der Waals surface area (Å²) in [4.78, 5) is 10.5. The molecular weight excluding hydrogens is 127 g/mol. The van der Waals surface area contributed by atoms with Crippen molar-refractivity contribution in [1.29, 1.82) is 0 Å². The maximum Gasteiger partial charge on any atom is 1.00 e. The average Bonchev–Trinajstić information content (AvgIpc) is 1.64. The second-order valence-electron chi connectivity index (χ2n) is 2.10. The van der Waals surface area contributed by atoms with Gasteiger partial charge in [-0.1, -0.05) is 0 Å². The van der Waals surface area contributed by atoms with Gasteiger partial charge in [0.15, 0.2) is 0 Å². The molecule has 3 nitrogen and oxygen atoms in total. The van der Waals surface area contributed by atoms with Crippen LogP contribution in [0.2, 0.25) is 0 Å². The molecule has 1 fully saturated rings. The normalized spacial score (nSPS) is 26.3. The van der Waals surface area contributed by atoms with Gasteiger partial charge in [-0.2, -0.15) is 0 Å². The summed E-state index contributed by atoms with van der Waals surface area (Å²) in [5.74, 6) is 0.0868. The fraction of sp³-hybridized carbons (Fsp3) is 0.800. The van der Waals surface area contributed by atoms with Gasteiger partial charge in [-0.25, -0.2) is 0 Å². The second-order valence-corrected chi connectivity index (χ2v) is 2.10. The minimum Gasteiger partial charge on any atom is -1.00 e. The van der Waals surface area contributed by atoms with Crippen LogP contribution in [0.4, 0.5) is 0 Å². The van der Waals surface area contributed by atoms with Crippen LogP contribution in [0, 0.1) is 0 Å². The number of piperidine rings is 1. The Morgan fingerprint density at radius 1 is 1.78 bits per heavy atom. The van der Waals surface area contributed by atoms with Gasteiger partial charge >= 0.3 is 29.6 Å². The summed E-state index contributed by atoms with van der Waals surface area (Å²) in [5, 5.41) is 2.69. The third-order valence-electron chi connectivity index (χ3n) is 1.28. The van der Waals surface area contributed by atoms with Crippen molar-refractivity contribution >= 4 is 5.91 Å². The van der Waals surface area contributed by atoms with Gasteiger partial charge in [0.25, 0.3) is 0 Å². The molecule has 0 radical (unpaired) electrons. The Hall–Kier alpha value is 0.430. The van der Waals surface area contributed by atoms with E-state index in [1.54, 1.807) is 0 Å². The van der Waals surface area contributed by atoms with Gasteiger partial charge in [0, 0.05) is 19.0 Å². The molecule has 0 aromatic heterocycles. The van der Waals surface area contributed by atoms with Crippen molar-refractivity contribution in [3.63, 3.8) is 0 Å². The first-order valence-electron chi connectivity index (χ1n) is 2.81. The van der Waals surface area contributed by atoms with E-state index in [1.807, 2.05) is 0 Å². The van der Waals surface area contributed by atoms with E-state index in [9.17, 15) is 4.79 Å². The summed E-state index contributed by atoms with van der Waals surface area (Å²) in [6.07, 6.45) is 1.42. The van der Waals surface area contributed by atoms with Crippen LogP contribution in [0.15, 0.2) is 0 Å². The Morgan fingerprint density at radius 2 is 2.44 bits per heavy atom. The van der Waals surface area contributed by atoms with Crippen LogP contribution in [0.3, 0.4) is 0 Å². The molecule has 4 heteroatoms. The number of nitrogens with two attached hydrogens (primary N) is 1. The molecule has 0 spiro atoms. The SMILES string of the molecule is N[C@H]1CCNC(=O)C1.[H-].[Na+]. The van der Waals surface area contributed by atoms with Gasteiger partial charge in [-0.05, 0) is 6.42 Å². The molecule has 0 saturated carbocycles. The molecule has 9 heavy (non-hydrogen) atoms. The summed E-state index contributed by atoms with van der Waals surface area (Å²) in [6.45, 7) is 0.750.